The first kappa shape index (κ1) is 66.6. The average molecular weight is 976 g/mol. The van der Waals surface area contributed by atoms with Crippen LogP contribution in [0.3, 0.4) is 0 Å². The van der Waals surface area contributed by atoms with E-state index in [4.69, 9.17) is 14.2 Å². The van der Waals surface area contributed by atoms with Crippen LogP contribution in [0.15, 0.2) is 85.1 Å². The molecule has 0 heterocycles. The van der Waals surface area contributed by atoms with Crippen molar-refractivity contribution in [3.63, 3.8) is 0 Å². The Morgan fingerprint density at radius 1 is 0.300 bits per heavy atom. The van der Waals surface area contributed by atoms with Gasteiger partial charge in [-0.3, -0.25) is 14.4 Å². The minimum Gasteiger partial charge on any atom is -0.462 e. The van der Waals surface area contributed by atoms with Crippen molar-refractivity contribution >= 4 is 17.9 Å². The van der Waals surface area contributed by atoms with E-state index in [0.29, 0.717) is 19.3 Å². The van der Waals surface area contributed by atoms with Crippen LogP contribution in [0.25, 0.3) is 0 Å². The molecule has 1 unspecified atom stereocenters. The topological polar surface area (TPSA) is 78.9 Å². The molecule has 0 N–H and O–H groups in total. The summed E-state index contributed by atoms with van der Waals surface area (Å²) in [5.41, 5.74) is 0. The number of allylic oxidation sites excluding steroid dienone is 14. The minimum absolute atomic E-state index is 0.0899. The van der Waals surface area contributed by atoms with Gasteiger partial charge in [0.2, 0.25) is 0 Å². The largest absolute Gasteiger partial charge is 0.462 e. The lowest BCUT2D eigenvalue weighted by atomic mass is 10.1. The third-order valence-electron chi connectivity index (χ3n) is 12.6. The van der Waals surface area contributed by atoms with Crippen LogP contribution in [0.2, 0.25) is 0 Å². The predicted octanol–water partition coefficient (Wildman–Crippen LogP) is 19.9. The first-order valence-electron chi connectivity index (χ1n) is 29.6. The summed E-state index contributed by atoms with van der Waals surface area (Å²) in [6, 6.07) is 0. The highest BCUT2D eigenvalue weighted by atomic mass is 16.6. The molecule has 1 atom stereocenters. The highest BCUT2D eigenvalue weighted by Crippen LogP contribution is 2.15. The lowest BCUT2D eigenvalue weighted by molar-refractivity contribution is -0.167. The van der Waals surface area contributed by atoms with Crippen LogP contribution in [0.1, 0.15) is 284 Å². The third kappa shape index (κ3) is 55.5. The van der Waals surface area contributed by atoms with Gasteiger partial charge in [-0.15, -0.1) is 0 Å². The Labute approximate surface area is 433 Å². The van der Waals surface area contributed by atoms with Crippen molar-refractivity contribution in [1.82, 2.24) is 0 Å². The van der Waals surface area contributed by atoms with Crippen molar-refractivity contribution < 1.29 is 28.6 Å². The average Bonchev–Trinajstić information content (AvgIpc) is 3.36. The van der Waals surface area contributed by atoms with Crippen LogP contribution in [0.4, 0.5) is 0 Å². The molecule has 0 radical (unpaired) electrons. The number of ether oxygens (including phenoxy) is 3. The summed E-state index contributed by atoms with van der Waals surface area (Å²) in [4.78, 5) is 38.2. The Balaban J connectivity index is 4.43. The fraction of sp³-hybridized carbons (Fsp3) is 0.734. The second-order valence-corrected chi connectivity index (χ2v) is 19.5. The highest BCUT2D eigenvalue weighted by Gasteiger charge is 2.19. The lowest BCUT2D eigenvalue weighted by Crippen LogP contribution is -2.30. The summed E-state index contributed by atoms with van der Waals surface area (Å²) in [5, 5.41) is 0. The van der Waals surface area contributed by atoms with Crippen LogP contribution >= 0.6 is 0 Å². The molecule has 0 aromatic carbocycles. The van der Waals surface area contributed by atoms with E-state index in [1.807, 2.05) is 0 Å². The minimum atomic E-state index is -0.792. The van der Waals surface area contributed by atoms with Crippen LogP contribution in [0, 0.1) is 0 Å². The van der Waals surface area contributed by atoms with Crippen molar-refractivity contribution in [3.8, 4) is 0 Å². The van der Waals surface area contributed by atoms with Crippen LogP contribution in [-0.4, -0.2) is 37.2 Å². The van der Waals surface area contributed by atoms with Gasteiger partial charge in [0, 0.05) is 19.3 Å². The normalized spacial score (nSPS) is 12.7. The van der Waals surface area contributed by atoms with Crippen molar-refractivity contribution in [2.24, 2.45) is 0 Å². The zero-order valence-electron chi connectivity index (χ0n) is 46.0. The molecule has 6 nitrogen and oxygen atoms in total. The smallest absolute Gasteiger partial charge is 0.306 e. The van der Waals surface area contributed by atoms with Gasteiger partial charge in [-0.05, 0) is 116 Å². The molecule has 0 rings (SSSR count). The van der Waals surface area contributed by atoms with Crippen LogP contribution < -0.4 is 0 Å². The Bertz CT molecular complexity index is 1350. The molecule has 6 heteroatoms. The lowest BCUT2D eigenvalue weighted by Gasteiger charge is -2.18. The number of carbonyl (C=O) groups is 3. The Hall–Kier alpha value is -3.41. The maximum Gasteiger partial charge on any atom is 0.306 e. The highest BCUT2D eigenvalue weighted by molar-refractivity contribution is 5.71. The fourth-order valence-corrected chi connectivity index (χ4v) is 8.16. The Morgan fingerprint density at radius 2 is 0.557 bits per heavy atom. The van der Waals surface area contributed by atoms with Crippen molar-refractivity contribution in [2.75, 3.05) is 13.2 Å². The van der Waals surface area contributed by atoms with Gasteiger partial charge in [0.05, 0.1) is 0 Å². The predicted molar refractivity (Wildman–Crippen MR) is 302 cm³/mol. The van der Waals surface area contributed by atoms with E-state index in [-0.39, 0.29) is 31.1 Å². The van der Waals surface area contributed by atoms with E-state index in [1.165, 1.54) is 128 Å². The van der Waals surface area contributed by atoms with Gasteiger partial charge in [-0.25, -0.2) is 0 Å². The second-order valence-electron chi connectivity index (χ2n) is 19.5. The summed E-state index contributed by atoms with van der Waals surface area (Å²) < 4.78 is 16.9. The molecule has 0 aromatic heterocycles. The number of hydrogen-bond donors (Lipinski definition) is 0. The summed E-state index contributed by atoms with van der Waals surface area (Å²) in [6.07, 6.45) is 75.7. The molecule has 0 fully saturated rings. The molecule has 0 saturated carbocycles. The standard InChI is InChI=1S/C64H110O6/c1-4-7-10-13-16-19-22-25-28-30-32-34-36-39-42-45-48-51-54-57-63(66)69-60-61(59-68-62(65)56-53-50-47-44-41-38-35-27-24-21-18-15-12-9-6-3)70-64(67)58-55-52-49-46-43-40-37-33-31-29-26-23-20-17-14-11-8-5-2/h7,10,16,18-19,21,25,27-29,31-32,34-35,61H,4-6,8-9,11-15,17,20,22-24,26,30,33,36-60H2,1-3H3/b10-7-,19-16-,21-18-,28-25-,31-29-,34-32-,35-27-. The molecular formula is C64H110O6. The number of unbranched alkanes of at least 4 members (excludes halogenated alkanes) is 28. The molecule has 0 aromatic rings. The number of rotatable bonds is 53. The first-order valence-corrected chi connectivity index (χ1v) is 29.6. The maximum absolute atomic E-state index is 12.9. The molecule has 0 saturated heterocycles. The summed E-state index contributed by atoms with van der Waals surface area (Å²) in [5.74, 6) is -0.913. The van der Waals surface area contributed by atoms with Gasteiger partial charge >= 0.3 is 17.9 Å². The van der Waals surface area contributed by atoms with Crippen LogP contribution in [-0.2, 0) is 28.6 Å². The fourth-order valence-electron chi connectivity index (χ4n) is 8.16. The molecule has 0 aliphatic carbocycles. The first-order chi connectivity index (χ1) is 34.5. The van der Waals surface area contributed by atoms with Crippen LogP contribution in [0.5, 0.6) is 0 Å². The van der Waals surface area contributed by atoms with E-state index in [9.17, 15) is 14.4 Å². The Kier molecular flexibility index (Phi) is 55.3. The summed E-state index contributed by atoms with van der Waals surface area (Å²) >= 11 is 0. The van der Waals surface area contributed by atoms with Crippen molar-refractivity contribution in [2.45, 2.75) is 290 Å². The number of esters is 3. The maximum atomic E-state index is 12.9. The molecule has 0 amide bonds. The second kappa shape index (κ2) is 58.2. The monoisotopic (exact) mass is 975 g/mol. The van der Waals surface area contributed by atoms with Crippen molar-refractivity contribution in [1.29, 1.82) is 0 Å². The molecule has 0 aliphatic heterocycles. The molecule has 0 aliphatic rings. The van der Waals surface area contributed by atoms with Gasteiger partial charge in [-0.2, -0.15) is 0 Å². The zero-order valence-corrected chi connectivity index (χ0v) is 46.0. The number of hydrogen-bond acceptors (Lipinski definition) is 6. The Morgan fingerprint density at radius 3 is 0.914 bits per heavy atom. The van der Waals surface area contributed by atoms with E-state index < -0.39 is 6.10 Å². The van der Waals surface area contributed by atoms with Gasteiger partial charge in [-0.1, -0.05) is 234 Å². The van der Waals surface area contributed by atoms with Gasteiger partial charge in [0.15, 0.2) is 6.10 Å². The number of carbonyl (C=O) groups excluding carboxylic acids is 3. The van der Waals surface area contributed by atoms with Gasteiger partial charge in [0.1, 0.15) is 13.2 Å². The third-order valence-corrected chi connectivity index (χ3v) is 12.6. The molecular weight excluding hydrogens is 865 g/mol. The van der Waals surface area contributed by atoms with E-state index in [2.05, 4.69) is 106 Å². The SMILES string of the molecule is CC/C=C\C/C=C\C/C=C\C/C=C\CCCCCCCCC(=O)OCC(COC(=O)CCCCCCC/C=C\C/C=C\CCCCC)OC(=O)CCCCCCCCC/C=C\CCCCCCCCC. The van der Waals surface area contributed by atoms with Gasteiger partial charge in [0.25, 0.3) is 0 Å². The van der Waals surface area contributed by atoms with Gasteiger partial charge < -0.3 is 14.2 Å². The quantitative estimate of drug-likeness (QED) is 0.0261. The summed E-state index contributed by atoms with van der Waals surface area (Å²) in [7, 11) is 0. The zero-order chi connectivity index (χ0) is 50.7. The molecule has 0 bridgehead atoms. The molecule has 70 heavy (non-hydrogen) atoms. The van der Waals surface area contributed by atoms with E-state index in [0.717, 1.165) is 116 Å². The van der Waals surface area contributed by atoms with E-state index >= 15 is 0 Å². The summed E-state index contributed by atoms with van der Waals surface area (Å²) in [6.45, 7) is 6.49. The molecule has 402 valence electrons. The molecule has 0 spiro atoms. The van der Waals surface area contributed by atoms with Crippen molar-refractivity contribution in [3.05, 3.63) is 85.1 Å². The van der Waals surface area contributed by atoms with E-state index in [1.54, 1.807) is 0 Å².